The van der Waals surface area contributed by atoms with Gasteiger partial charge < -0.3 is 9.64 Å². The molecule has 6 heteroatoms. The SMILES string of the molecule is C[C@@H]1CCC[C@@H](C)N1C(=O)[C@@H](C)OC(=O)/C=C/c1c(F)cccc1Cl. The van der Waals surface area contributed by atoms with Crippen molar-refractivity contribution in [3.8, 4) is 0 Å². The number of likely N-dealkylation sites (tertiary alicyclic amines) is 1. The fourth-order valence-corrected chi connectivity index (χ4v) is 3.38. The van der Waals surface area contributed by atoms with Crippen molar-refractivity contribution in [2.24, 2.45) is 0 Å². The molecule has 0 N–H and O–H groups in total. The fraction of sp³-hybridized carbons (Fsp3) is 0.474. The molecule has 1 amide bonds. The van der Waals surface area contributed by atoms with Crippen LogP contribution in [0.2, 0.25) is 5.02 Å². The maximum Gasteiger partial charge on any atom is 0.331 e. The van der Waals surface area contributed by atoms with Gasteiger partial charge in [-0.2, -0.15) is 0 Å². The van der Waals surface area contributed by atoms with Crippen molar-refractivity contribution in [2.45, 2.75) is 58.2 Å². The molecule has 0 saturated carbocycles. The number of hydrogen-bond acceptors (Lipinski definition) is 3. The van der Waals surface area contributed by atoms with Crippen LogP contribution in [0, 0.1) is 5.82 Å². The van der Waals surface area contributed by atoms with Gasteiger partial charge in [0.15, 0.2) is 6.10 Å². The number of halogens is 2. The number of benzene rings is 1. The van der Waals surface area contributed by atoms with Crippen molar-refractivity contribution in [1.29, 1.82) is 0 Å². The maximum atomic E-state index is 13.7. The Kier molecular flexibility index (Phi) is 6.59. The summed E-state index contributed by atoms with van der Waals surface area (Å²) >= 11 is 5.90. The van der Waals surface area contributed by atoms with Crippen LogP contribution < -0.4 is 0 Å². The van der Waals surface area contributed by atoms with E-state index in [0.717, 1.165) is 25.3 Å². The first kappa shape index (κ1) is 19.4. The minimum atomic E-state index is -0.892. The van der Waals surface area contributed by atoms with Gasteiger partial charge in [-0.1, -0.05) is 17.7 Å². The van der Waals surface area contributed by atoms with E-state index < -0.39 is 17.9 Å². The van der Waals surface area contributed by atoms with Gasteiger partial charge >= 0.3 is 5.97 Å². The highest BCUT2D eigenvalue weighted by atomic mass is 35.5. The number of nitrogens with zero attached hydrogens (tertiary/aromatic N) is 1. The lowest BCUT2D eigenvalue weighted by molar-refractivity contribution is -0.158. The summed E-state index contributed by atoms with van der Waals surface area (Å²) in [6.07, 6.45) is 4.42. The van der Waals surface area contributed by atoms with Crippen molar-refractivity contribution < 1.29 is 18.7 Å². The van der Waals surface area contributed by atoms with Gasteiger partial charge in [-0.25, -0.2) is 9.18 Å². The molecule has 1 heterocycles. The minimum Gasteiger partial charge on any atom is -0.449 e. The molecule has 1 saturated heterocycles. The van der Waals surface area contributed by atoms with Crippen molar-refractivity contribution in [3.05, 3.63) is 40.7 Å². The smallest absolute Gasteiger partial charge is 0.331 e. The zero-order chi connectivity index (χ0) is 18.6. The van der Waals surface area contributed by atoms with Gasteiger partial charge in [0.1, 0.15) is 5.82 Å². The van der Waals surface area contributed by atoms with E-state index in [1.807, 2.05) is 13.8 Å². The molecule has 2 rings (SSSR count). The molecule has 1 aromatic carbocycles. The van der Waals surface area contributed by atoms with E-state index in [4.69, 9.17) is 16.3 Å². The van der Waals surface area contributed by atoms with Gasteiger partial charge in [0, 0.05) is 23.7 Å². The van der Waals surface area contributed by atoms with Gasteiger partial charge in [0.2, 0.25) is 0 Å². The van der Waals surface area contributed by atoms with Crippen LogP contribution in [-0.4, -0.2) is 35.0 Å². The average Bonchev–Trinajstić information content (AvgIpc) is 2.54. The Morgan fingerprint density at radius 1 is 1.32 bits per heavy atom. The molecule has 1 fully saturated rings. The molecule has 1 aliphatic heterocycles. The molecule has 1 aromatic rings. The number of esters is 1. The molecule has 0 spiro atoms. The van der Waals surface area contributed by atoms with E-state index in [0.29, 0.717) is 0 Å². The minimum absolute atomic E-state index is 0.110. The number of amides is 1. The Morgan fingerprint density at radius 2 is 1.96 bits per heavy atom. The lowest BCUT2D eigenvalue weighted by Crippen LogP contribution is -2.51. The molecule has 0 aromatic heterocycles. The fourth-order valence-electron chi connectivity index (χ4n) is 3.15. The monoisotopic (exact) mass is 367 g/mol. The Bertz CT molecular complexity index is 646. The number of rotatable bonds is 4. The summed E-state index contributed by atoms with van der Waals surface area (Å²) in [5.74, 6) is -1.44. The normalized spacial score (nSPS) is 22.0. The number of carbonyl (C=O) groups excluding carboxylic acids is 2. The Balaban J connectivity index is 2.00. The summed E-state index contributed by atoms with van der Waals surface area (Å²) in [5.41, 5.74) is 0.110. The topological polar surface area (TPSA) is 46.6 Å². The molecule has 0 aliphatic carbocycles. The van der Waals surface area contributed by atoms with E-state index in [2.05, 4.69) is 0 Å². The molecule has 4 nitrogen and oxygen atoms in total. The van der Waals surface area contributed by atoms with Crippen molar-refractivity contribution in [3.63, 3.8) is 0 Å². The van der Waals surface area contributed by atoms with Crippen molar-refractivity contribution >= 4 is 29.6 Å². The Morgan fingerprint density at radius 3 is 2.56 bits per heavy atom. The highest BCUT2D eigenvalue weighted by molar-refractivity contribution is 6.32. The zero-order valence-corrected chi connectivity index (χ0v) is 15.4. The van der Waals surface area contributed by atoms with Crippen molar-refractivity contribution in [2.75, 3.05) is 0 Å². The largest absolute Gasteiger partial charge is 0.449 e. The molecule has 0 bridgehead atoms. The van der Waals surface area contributed by atoms with E-state index in [9.17, 15) is 14.0 Å². The second-order valence-corrected chi connectivity index (χ2v) is 6.83. The van der Waals surface area contributed by atoms with Gasteiger partial charge in [-0.15, -0.1) is 0 Å². The average molecular weight is 368 g/mol. The van der Waals surface area contributed by atoms with E-state index in [1.165, 1.54) is 24.3 Å². The second-order valence-electron chi connectivity index (χ2n) is 6.42. The van der Waals surface area contributed by atoms with Crippen LogP contribution in [-0.2, 0) is 14.3 Å². The van der Waals surface area contributed by atoms with Crippen LogP contribution in [0.3, 0.4) is 0 Å². The molecular formula is C19H23ClFNO3. The van der Waals surface area contributed by atoms with E-state index >= 15 is 0 Å². The number of carbonyl (C=O) groups is 2. The molecule has 3 atom stereocenters. The van der Waals surface area contributed by atoms with Crippen LogP contribution in [0.15, 0.2) is 24.3 Å². The quantitative estimate of drug-likeness (QED) is 0.591. The summed E-state index contributed by atoms with van der Waals surface area (Å²) in [4.78, 5) is 26.3. The number of piperidine rings is 1. The Labute approximate surface area is 152 Å². The van der Waals surface area contributed by atoms with Crippen LogP contribution in [0.1, 0.15) is 45.6 Å². The number of ether oxygens (including phenoxy) is 1. The van der Waals surface area contributed by atoms with Gasteiger partial charge in [0.05, 0.1) is 5.02 Å². The lowest BCUT2D eigenvalue weighted by Gasteiger charge is -2.40. The van der Waals surface area contributed by atoms with Crippen LogP contribution in [0.5, 0.6) is 0 Å². The summed E-state index contributed by atoms with van der Waals surface area (Å²) in [7, 11) is 0. The molecule has 1 aliphatic rings. The van der Waals surface area contributed by atoms with Gasteiger partial charge in [-0.3, -0.25) is 4.79 Å². The molecule has 0 radical (unpaired) electrons. The molecule has 136 valence electrons. The third-order valence-corrected chi connectivity index (χ3v) is 4.80. The molecular weight excluding hydrogens is 345 g/mol. The van der Waals surface area contributed by atoms with Gasteiger partial charge in [-0.05, 0) is 58.2 Å². The number of hydrogen-bond donors (Lipinski definition) is 0. The van der Waals surface area contributed by atoms with E-state index in [1.54, 1.807) is 11.8 Å². The summed E-state index contributed by atoms with van der Waals surface area (Å²) < 4.78 is 18.9. The predicted molar refractivity (Wildman–Crippen MR) is 95.6 cm³/mol. The third kappa shape index (κ3) is 4.82. The summed E-state index contributed by atoms with van der Waals surface area (Å²) in [6, 6.07) is 4.52. The standard InChI is InChI=1S/C19H23ClFNO3/c1-12-6-4-7-13(2)22(12)19(24)14(3)25-18(23)11-10-15-16(20)8-5-9-17(15)21/h5,8-14H,4,6-7H2,1-3H3/b11-10+/t12-,13-,14-/m1/s1. The Hall–Kier alpha value is -1.88. The zero-order valence-electron chi connectivity index (χ0n) is 14.7. The first-order valence-electron chi connectivity index (χ1n) is 8.46. The van der Waals surface area contributed by atoms with Crippen LogP contribution >= 0.6 is 11.6 Å². The van der Waals surface area contributed by atoms with E-state index in [-0.39, 0.29) is 28.6 Å². The third-order valence-electron chi connectivity index (χ3n) is 4.47. The van der Waals surface area contributed by atoms with Gasteiger partial charge in [0.25, 0.3) is 5.91 Å². The molecule has 25 heavy (non-hydrogen) atoms. The van der Waals surface area contributed by atoms with Crippen LogP contribution in [0.25, 0.3) is 6.08 Å². The first-order valence-corrected chi connectivity index (χ1v) is 8.84. The lowest BCUT2D eigenvalue weighted by atomic mass is 9.97. The van der Waals surface area contributed by atoms with Crippen molar-refractivity contribution in [1.82, 2.24) is 4.90 Å². The first-order chi connectivity index (χ1) is 11.8. The molecule has 0 unspecified atom stereocenters. The highest BCUT2D eigenvalue weighted by Crippen LogP contribution is 2.24. The second kappa shape index (κ2) is 8.48. The maximum absolute atomic E-state index is 13.7. The predicted octanol–water partition coefficient (Wildman–Crippen LogP) is 4.21. The van der Waals surface area contributed by atoms with Crippen LogP contribution in [0.4, 0.5) is 4.39 Å². The summed E-state index contributed by atoms with van der Waals surface area (Å²) in [6.45, 7) is 5.56. The highest BCUT2D eigenvalue weighted by Gasteiger charge is 2.32. The summed E-state index contributed by atoms with van der Waals surface area (Å²) in [5, 5.41) is 0.198.